The average molecular weight is 322 g/mol. The molecule has 1 fully saturated rings. The molecule has 0 saturated carbocycles. The van der Waals surface area contributed by atoms with E-state index in [4.69, 9.17) is 9.97 Å². The molecule has 1 aromatic heterocycles. The Labute approximate surface area is 144 Å². The number of hydrogen-bond acceptors (Lipinski definition) is 4. The lowest BCUT2D eigenvalue weighted by Gasteiger charge is -2.32. The molecular weight excluding hydrogens is 296 g/mol. The van der Waals surface area contributed by atoms with Crippen LogP contribution in [-0.4, -0.2) is 29.1 Å². The highest BCUT2D eigenvalue weighted by molar-refractivity contribution is 5.69. The molecule has 4 nitrogen and oxygen atoms in total. The topological polar surface area (TPSA) is 32.3 Å². The number of benzene rings is 1. The Morgan fingerprint density at radius 3 is 2.79 bits per heavy atom. The first-order chi connectivity index (χ1) is 11.6. The maximum absolute atomic E-state index is 4.96. The standard InChI is InChI=1S/C20H26N4/c1-14-7-6-10-23(13-14)20-21-15(2)11-19(22-20)24-16(3)12-17-8-4-5-9-18(17)24/h4-5,8-9,11,14,16H,6-7,10,12-13H2,1-3H3. The van der Waals surface area contributed by atoms with Gasteiger partial charge in [-0.2, -0.15) is 4.98 Å². The quantitative estimate of drug-likeness (QED) is 0.833. The fourth-order valence-corrected chi connectivity index (χ4v) is 4.09. The van der Waals surface area contributed by atoms with Gasteiger partial charge in [0.05, 0.1) is 0 Å². The number of piperidine rings is 1. The van der Waals surface area contributed by atoms with Gasteiger partial charge in [0.1, 0.15) is 5.82 Å². The third-order valence-electron chi connectivity index (χ3n) is 5.22. The Morgan fingerprint density at radius 2 is 1.96 bits per heavy atom. The number of fused-ring (bicyclic) bond motifs is 1. The molecule has 0 spiro atoms. The van der Waals surface area contributed by atoms with E-state index in [1.807, 2.05) is 0 Å². The van der Waals surface area contributed by atoms with Gasteiger partial charge < -0.3 is 9.80 Å². The molecule has 3 heterocycles. The van der Waals surface area contributed by atoms with Crippen LogP contribution in [0, 0.1) is 12.8 Å². The van der Waals surface area contributed by atoms with E-state index < -0.39 is 0 Å². The molecule has 0 aliphatic carbocycles. The molecule has 2 atom stereocenters. The minimum absolute atomic E-state index is 0.435. The molecule has 4 heteroatoms. The van der Waals surface area contributed by atoms with Crippen LogP contribution in [-0.2, 0) is 6.42 Å². The van der Waals surface area contributed by atoms with Crippen LogP contribution in [0.5, 0.6) is 0 Å². The summed E-state index contributed by atoms with van der Waals surface area (Å²) in [5, 5.41) is 0. The van der Waals surface area contributed by atoms with Crippen molar-refractivity contribution in [2.75, 3.05) is 22.9 Å². The highest BCUT2D eigenvalue weighted by Crippen LogP contribution is 2.38. The highest BCUT2D eigenvalue weighted by atomic mass is 15.3. The molecule has 0 bridgehead atoms. The van der Waals surface area contributed by atoms with Crippen LogP contribution in [0.2, 0.25) is 0 Å². The molecule has 4 rings (SSSR count). The van der Waals surface area contributed by atoms with E-state index in [0.717, 1.165) is 42.9 Å². The molecule has 126 valence electrons. The van der Waals surface area contributed by atoms with E-state index in [-0.39, 0.29) is 0 Å². The lowest BCUT2D eigenvalue weighted by atomic mass is 10.0. The van der Waals surface area contributed by atoms with Crippen molar-refractivity contribution in [1.82, 2.24) is 9.97 Å². The molecule has 0 radical (unpaired) electrons. The Balaban J connectivity index is 1.71. The zero-order valence-corrected chi connectivity index (χ0v) is 14.9. The fraction of sp³-hybridized carbons (Fsp3) is 0.500. The first-order valence-corrected chi connectivity index (χ1v) is 9.09. The Kier molecular flexibility index (Phi) is 3.91. The maximum atomic E-state index is 4.96. The monoisotopic (exact) mass is 322 g/mol. The molecule has 1 saturated heterocycles. The Hall–Kier alpha value is -2.10. The summed E-state index contributed by atoms with van der Waals surface area (Å²) in [5.74, 6) is 2.65. The van der Waals surface area contributed by atoms with Gasteiger partial charge in [-0.15, -0.1) is 0 Å². The minimum atomic E-state index is 0.435. The van der Waals surface area contributed by atoms with Crippen LogP contribution in [0.25, 0.3) is 0 Å². The molecule has 0 N–H and O–H groups in total. The van der Waals surface area contributed by atoms with Crippen LogP contribution >= 0.6 is 0 Å². The van der Waals surface area contributed by atoms with Gasteiger partial charge in [-0.1, -0.05) is 25.1 Å². The van der Waals surface area contributed by atoms with Crippen molar-refractivity contribution in [1.29, 1.82) is 0 Å². The summed E-state index contributed by atoms with van der Waals surface area (Å²) in [5.41, 5.74) is 3.75. The van der Waals surface area contributed by atoms with Crippen molar-refractivity contribution >= 4 is 17.5 Å². The van der Waals surface area contributed by atoms with Gasteiger partial charge in [0.25, 0.3) is 0 Å². The number of para-hydroxylation sites is 1. The Bertz CT molecular complexity index is 742. The van der Waals surface area contributed by atoms with Gasteiger partial charge in [0, 0.05) is 36.6 Å². The SMILES string of the molecule is Cc1cc(N2c3ccccc3CC2C)nc(N2CCCC(C)C2)n1. The summed E-state index contributed by atoms with van der Waals surface area (Å²) in [6.45, 7) is 8.81. The Morgan fingerprint density at radius 1 is 1.12 bits per heavy atom. The molecule has 24 heavy (non-hydrogen) atoms. The third kappa shape index (κ3) is 2.74. The van der Waals surface area contributed by atoms with Crippen molar-refractivity contribution in [2.24, 2.45) is 5.92 Å². The molecule has 0 amide bonds. The average Bonchev–Trinajstić information content (AvgIpc) is 2.90. The number of nitrogens with zero attached hydrogens (tertiary/aromatic N) is 4. The summed E-state index contributed by atoms with van der Waals surface area (Å²) in [6.07, 6.45) is 3.62. The fourth-order valence-electron chi connectivity index (χ4n) is 4.09. The van der Waals surface area contributed by atoms with Crippen LogP contribution in [0.4, 0.5) is 17.5 Å². The zero-order chi connectivity index (χ0) is 16.7. The number of aryl methyl sites for hydroxylation is 1. The number of hydrogen-bond donors (Lipinski definition) is 0. The van der Waals surface area contributed by atoms with E-state index >= 15 is 0 Å². The van der Waals surface area contributed by atoms with Crippen LogP contribution in [0.1, 0.15) is 37.9 Å². The summed E-state index contributed by atoms with van der Waals surface area (Å²) >= 11 is 0. The van der Waals surface area contributed by atoms with Gasteiger partial charge in [0.2, 0.25) is 5.95 Å². The normalized spacial score (nSPS) is 23.5. The second-order valence-electron chi connectivity index (χ2n) is 7.41. The van der Waals surface area contributed by atoms with Gasteiger partial charge in [-0.05, 0) is 50.7 Å². The predicted molar refractivity (Wildman–Crippen MR) is 99.1 cm³/mol. The zero-order valence-electron chi connectivity index (χ0n) is 14.9. The van der Waals surface area contributed by atoms with E-state index in [2.05, 4.69) is 60.9 Å². The van der Waals surface area contributed by atoms with Gasteiger partial charge >= 0.3 is 0 Å². The number of anilines is 3. The smallest absolute Gasteiger partial charge is 0.227 e. The lowest BCUT2D eigenvalue weighted by Crippen LogP contribution is -2.36. The maximum Gasteiger partial charge on any atom is 0.227 e. The first kappa shape index (κ1) is 15.4. The van der Waals surface area contributed by atoms with E-state index in [0.29, 0.717) is 6.04 Å². The largest absolute Gasteiger partial charge is 0.340 e. The van der Waals surface area contributed by atoms with Crippen molar-refractivity contribution in [3.63, 3.8) is 0 Å². The van der Waals surface area contributed by atoms with Crippen LogP contribution < -0.4 is 9.80 Å². The molecule has 2 aliphatic heterocycles. The second-order valence-corrected chi connectivity index (χ2v) is 7.41. The van der Waals surface area contributed by atoms with Crippen molar-refractivity contribution in [3.05, 3.63) is 41.6 Å². The molecule has 1 aromatic carbocycles. The van der Waals surface area contributed by atoms with Crippen LogP contribution in [0.3, 0.4) is 0 Å². The van der Waals surface area contributed by atoms with Gasteiger partial charge in [-0.25, -0.2) is 4.98 Å². The summed E-state index contributed by atoms with van der Waals surface area (Å²) in [6, 6.07) is 11.2. The number of rotatable bonds is 2. The molecule has 2 unspecified atom stereocenters. The van der Waals surface area contributed by atoms with E-state index in [1.54, 1.807) is 0 Å². The van der Waals surface area contributed by atoms with E-state index in [1.165, 1.54) is 24.1 Å². The van der Waals surface area contributed by atoms with Crippen molar-refractivity contribution in [2.45, 2.75) is 46.1 Å². The summed E-state index contributed by atoms with van der Waals surface area (Å²) < 4.78 is 0. The summed E-state index contributed by atoms with van der Waals surface area (Å²) in [4.78, 5) is 14.4. The predicted octanol–water partition coefficient (Wildman–Crippen LogP) is 4.10. The molecule has 2 aromatic rings. The molecular formula is C20H26N4. The second kappa shape index (κ2) is 6.08. The summed E-state index contributed by atoms with van der Waals surface area (Å²) in [7, 11) is 0. The lowest BCUT2D eigenvalue weighted by molar-refractivity contribution is 0.442. The molecule has 2 aliphatic rings. The van der Waals surface area contributed by atoms with E-state index in [9.17, 15) is 0 Å². The minimum Gasteiger partial charge on any atom is -0.340 e. The van der Waals surface area contributed by atoms with Crippen molar-refractivity contribution < 1.29 is 0 Å². The van der Waals surface area contributed by atoms with Gasteiger partial charge in [-0.3, -0.25) is 0 Å². The van der Waals surface area contributed by atoms with Crippen molar-refractivity contribution in [3.8, 4) is 0 Å². The first-order valence-electron chi connectivity index (χ1n) is 9.09. The van der Waals surface area contributed by atoms with Crippen LogP contribution in [0.15, 0.2) is 30.3 Å². The number of aromatic nitrogens is 2. The van der Waals surface area contributed by atoms with Gasteiger partial charge in [0.15, 0.2) is 0 Å². The highest BCUT2D eigenvalue weighted by Gasteiger charge is 2.29. The third-order valence-corrected chi connectivity index (χ3v) is 5.22.